The molecule has 15 heavy (non-hydrogen) atoms. The van der Waals surface area contributed by atoms with Crippen LogP contribution in [0.4, 0.5) is 0 Å². The Bertz CT molecular complexity index is 294. The average Bonchev–Trinajstić information content (AvgIpc) is 3.12. The van der Waals surface area contributed by atoms with Crippen molar-refractivity contribution in [3.8, 4) is 0 Å². The Balaban J connectivity index is 1.73. The first kappa shape index (κ1) is 9.64. The van der Waals surface area contributed by atoms with Crippen LogP contribution in [0.15, 0.2) is 0 Å². The number of likely N-dealkylation sites (N-methyl/N-ethyl adjacent to an activating group) is 1. The number of nitrogens with zero attached hydrogens (tertiary/aromatic N) is 1. The predicted molar refractivity (Wildman–Crippen MR) is 58.4 cm³/mol. The van der Waals surface area contributed by atoms with Gasteiger partial charge in [0.05, 0.1) is 6.04 Å². The molecule has 2 saturated carbocycles. The summed E-state index contributed by atoms with van der Waals surface area (Å²) in [4.78, 5) is 14.4. The Hall–Kier alpha value is -0.570. The van der Waals surface area contributed by atoms with Crippen LogP contribution in [-0.4, -0.2) is 36.5 Å². The minimum Gasteiger partial charge on any atom is -0.337 e. The summed E-state index contributed by atoms with van der Waals surface area (Å²) in [6, 6.07) is 1.10. The molecule has 3 atom stereocenters. The minimum absolute atomic E-state index is 0.0166. The minimum atomic E-state index is 0.0166. The van der Waals surface area contributed by atoms with Crippen LogP contribution >= 0.6 is 0 Å². The maximum Gasteiger partial charge on any atom is 0.228 e. The number of carbonyl (C=O) groups excluding carboxylic acids is 1. The molecule has 1 heterocycles. The predicted octanol–water partition coefficient (Wildman–Crippen LogP) is 0.995. The molecule has 3 unspecified atom stereocenters. The number of hydrogen-bond donors (Lipinski definition) is 1. The number of hydrogen-bond acceptors (Lipinski definition) is 2. The number of fused-ring (bicyclic) bond motifs is 1. The molecule has 0 aromatic rings. The van der Waals surface area contributed by atoms with Gasteiger partial charge in [-0.05, 0) is 38.6 Å². The Morgan fingerprint density at radius 3 is 2.80 bits per heavy atom. The largest absolute Gasteiger partial charge is 0.337 e. The summed E-state index contributed by atoms with van der Waals surface area (Å²) in [5, 5.41) is 3.34. The van der Waals surface area contributed by atoms with Gasteiger partial charge in [-0.25, -0.2) is 0 Å². The van der Waals surface area contributed by atoms with E-state index in [4.69, 9.17) is 0 Å². The summed E-state index contributed by atoms with van der Waals surface area (Å²) in [6.45, 7) is 3.11. The molecule has 3 rings (SSSR count). The fourth-order valence-corrected chi connectivity index (χ4v) is 3.15. The molecule has 3 fully saturated rings. The third-order valence-electron chi connectivity index (χ3n) is 4.53. The van der Waals surface area contributed by atoms with E-state index in [2.05, 4.69) is 17.1 Å². The second kappa shape index (κ2) is 2.97. The molecule has 0 bridgehead atoms. The lowest BCUT2D eigenvalue weighted by molar-refractivity contribution is -0.138. The maximum atomic E-state index is 12.3. The summed E-state index contributed by atoms with van der Waals surface area (Å²) in [6.07, 6.45) is 4.70. The Kier molecular flexibility index (Phi) is 1.91. The van der Waals surface area contributed by atoms with Crippen LogP contribution in [0, 0.1) is 11.3 Å². The highest BCUT2D eigenvalue weighted by atomic mass is 16.2. The van der Waals surface area contributed by atoms with Gasteiger partial charge in [-0.1, -0.05) is 6.92 Å². The number of rotatable bonds is 2. The fourth-order valence-electron chi connectivity index (χ4n) is 3.15. The van der Waals surface area contributed by atoms with Crippen LogP contribution in [0.25, 0.3) is 0 Å². The molecular formula is C12H20N2O. The Morgan fingerprint density at radius 1 is 1.47 bits per heavy atom. The zero-order valence-electron chi connectivity index (χ0n) is 9.62. The summed E-state index contributed by atoms with van der Waals surface area (Å²) >= 11 is 0. The number of carbonyl (C=O) groups is 1. The van der Waals surface area contributed by atoms with Gasteiger partial charge in [0.15, 0.2) is 0 Å². The lowest BCUT2D eigenvalue weighted by atomic mass is 10.1. The van der Waals surface area contributed by atoms with Crippen LogP contribution in [-0.2, 0) is 4.79 Å². The van der Waals surface area contributed by atoms with E-state index in [0.717, 1.165) is 25.3 Å². The van der Waals surface area contributed by atoms with E-state index >= 15 is 0 Å². The van der Waals surface area contributed by atoms with Gasteiger partial charge in [-0.3, -0.25) is 4.79 Å². The van der Waals surface area contributed by atoms with Crippen LogP contribution in [0.5, 0.6) is 0 Å². The highest BCUT2D eigenvalue weighted by molar-refractivity contribution is 5.85. The fraction of sp³-hybridized carbons (Fsp3) is 0.917. The van der Waals surface area contributed by atoms with Gasteiger partial charge in [0.25, 0.3) is 0 Å². The van der Waals surface area contributed by atoms with Crippen LogP contribution in [0.1, 0.15) is 32.6 Å². The van der Waals surface area contributed by atoms with Crippen molar-refractivity contribution >= 4 is 5.91 Å². The van der Waals surface area contributed by atoms with Gasteiger partial charge in [0, 0.05) is 18.0 Å². The average molecular weight is 208 g/mol. The molecule has 1 aliphatic heterocycles. The van der Waals surface area contributed by atoms with Crippen molar-refractivity contribution in [2.45, 2.75) is 44.7 Å². The van der Waals surface area contributed by atoms with Crippen LogP contribution in [0.3, 0.4) is 0 Å². The topological polar surface area (TPSA) is 32.3 Å². The van der Waals surface area contributed by atoms with E-state index in [9.17, 15) is 4.79 Å². The molecular weight excluding hydrogens is 188 g/mol. The highest BCUT2D eigenvalue weighted by Gasteiger charge is 2.59. The third kappa shape index (κ3) is 1.32. The van der Waals surface area contributed by atoms with Gasteiger partial charge in [0.1, 0.15) is 0 Å². The summed E-state index contributed by atoms with van der Waals surface area (Å²) in [5.41, 5.74) is 0.0166. The first-order valence-electron chi connectivity index (χ1n) is 6.16. The summed E-state index contributed by atoms with van der Waals surface area (Å²) in [5.74, 6) is 1.17. The SMILES string of the molecule is CNC1C2CCCN(C(=O)C3(C)CC3)C21. The monoisotopic (exact) mass is 208 g/mol. The molecule has 1 saturated heterocycles. The number of piperidine rings is 1. The lowest BCUT2D eigenvalue weighted by Gasteiger charge is -2.29. The van der Waals surface area contributed by atoms with Gasteiger partial charge >= 0.3 is 0 Å². The molecule has 84 valence electrons. The van der Waals surface area contributed by atoms with Crippen molar-refractivity contribution < 1.29 is 4.79 Å². The van der Waals surface area contributed by atoms with Crippen molar-refractivity contribution in [2.75, 3.05) is 13.6 Å². The van der Waals surface area contributed by atoms with Crippen molar-refractivity contribution in [3.05, 3.63) is 0 Å². The first-order chi connectivity index (χ1) is 7.17. The van der Waals surface area contributed by atoms with Gasteiger partial charge in [-0.2, -0.15) is 0 Å². The van der Waals surface area contributed by atoms with Crippen molar-refractivity contribution in [1.82, 2.24) is 10.2 Å². The van der Waals surface area contributed by atoms with Gasteiger partial charge in [-0.15, -0.1) is 0 Å². The van der Waals surface area contributed by atoms with Crippen molar-refractivity contribution in [2.24, 2.45) is 11.3 Å². The van der Waals surface area contributed by atoms with Crippen molar-refractivity contribution in [3.63, 3.8) is 0 Å². The molecule has 3 aliphatic rings. The molecule has 0 spiro atoms. The maximum absolute atomic E-state index is 12.3. The Morgan fingerprint density at radius 2 is 2.20 bits per heavy atom. The summed E-state index contributed by atoms with van der Waals surface area (Å²) < 4.78 is 0. The zero-order valence-corrected chi connectivity index (χ0v) is 9.62. The molecule has 2 aliphatic carbocycles. The van der Waals surface area contributed by atoms with Gasteiger partial charge < -0.3 is 10.2 Å². The van der Waals surface area contributed by atoms with E-state index in [1.165, 1.54) is 12.8 Å². The first-order valence-corrected chi connectivity index (χ1v) is 6.16. The van der Waals surface area contributed by atoms with E-state index in [1.807, 2.05) is 7.05 Å². The standard InChI is InChI=1S/C12H20N2O/c1-12(5-6-12)11(15)14-7-3-4-8-9(13-2)10(8)14/h8-10,13H,3-7H2,1-2H3. The van der Waals surface area contributed by atoms with Gasteiger partial charge in [0.2, 0.25) is 5.91 Å². The number of likely N-dealkylation sites (tertiary alicyclic amines) is 1. The lowest BCUT2D eigenvalue weighted by Crippen LogP contribution is -2.42. The van der Waals surface area contributed by atoms with E-state index in [0.29, 0.717) is 18.0 Å². The molecule has 0 aromatic carbocycles. The zero-order chi connectivity index (χ0) is 10.6. The van der Waals surface area contributed by atoms with E-state index in [1.54, 1.807) is 0 Å². The third-order valence-corrected chi connectivity index (χ3v) is 4.53. The Labute approximate surface area is 91.2 Å². The number of amides is 1. The quantitative estimate of drug-likeness (QED) is 0.734. The molecule has 1 N–H and O–H groups in total. The van der Waals surface area contributed by atoms with Crippen molar-refractivity contribution in [1.29, 1.82) is 0 Å². The molecule has 0 aromatic heterocycles. The molecule has 3 nitrogen and oxygen atoms in total. The normalized spacial score (nSPS) is 40.9. The second-order valence-corrected chi connectivity index (χ2v) is 5.67. The van der Waals surface area contributed by atoms with E-state index in [-0.39, 0.29) is 5.41 Å². The second-order valence-electron chi connectivity index (χ2n) is 5.67. The van der Waals surface area contributed by atoms with Crippen LogP contribution < -0.4 is 5.32 Å². The van der Waals surface area contributed by atoms with Crippen LogP contribution in [0.2, 0.25) is 0 Å². The number of nitrogens with one attached hydrogen (secondary N) is 1. The van der Waals surface area contributed by atoms with E-state index < -0.39 is 0 Å². The molecule has 0 radical (unpaired) electrons. The highest BCUT2D eigenvalue weighted by Crippen LogP contribution is 2.51. The molecule has 3 heteroatoms. The molecule has 1 amide bonds. The summed E-state index contributed by atoms with van der Waals surface area (Å²) in [7, 11) is 2.02. The smallest absolute Gasteiger partial charge is 0.228 e.